The lowest BCUT2D eigenvalue weighted by molar-refractivity contribution is 0.0617. The van der Waals surface area contributed by atoms with E-state index in [1.54, 1.807) is 72.8 Å². The lowest BCUT2D eigenvalue weighted by Gasteiger charge is -2.20. The molecule has 2 aromatic carbocycles. The number of furan rings is 2. The van der Waals surface area contributed by atoms with Crippen molar-refractivity contribution in [2.75, 3.05) is 0 Å². The van der Waals surface area contributed by atoms with Crippen LogP contribution >= 0.6 is 0 Å². The Balaban J connectivity index is 1.18. The summed E-state index contributed by atoms with van der Waals surface area (Å²) in [5.41, 5.74) is 0.865. The number of carbonyl (C=O) groups excluding carboxylic acids is 4. The summed E-state index contributed by atoms with van der Waals surface area (Å²) in [6.07, 6.45) is 0. The standard InChI is InChI=1S/C29H22N2O6/c1-29(2,23-13-11-17(36-23)15-30-25(32)19-7-3-4-8-20(19)26(30)33)24-14-12-18(37-24)16-31-27(34)21-9-5-6-10-22(21)28(31)35/h3-14H,15-16H2,1-2H3. The van der Waals surface area contributed by atoms with E-state index in [9.17, 15) is 19.2 Å². The molecule has 37 heavy (non-hydrogen) atoms. The van der Waals surface area contributed by atoms with Crippen LogP contribution in [-0.4, -0.2) is 33.4 Å². The van der Waals surface area contributed by atoms with Crippen LogP contribution in [0.4, 0.5) is 0 Å². The minimum absolute atomic E-state index is 0.0194. The third kappa shape index (κ3) is 3.52. The molecule has 0 spiro atoms. The number of imide groups is 2. The molecule has 0 unspecified atom stereocenters. The maximum Gasteiger partial charge on any atom is 0.261 e. The number of rotatable bonds is 6. The minimum Gasteiger partial charge on any atom is -0.463 e. The summed E-state index contributed by atoms with van der Waals surface area (Å²) in [5, 5.41) is 0. The van der Waals surface area contributed by atoms with E-state index in [0.717, 1.165) is 0 Å². The third-order valence-corrected chi connectivity index (χ3v) is 6.94. The van der Waals surface area contributed by atoms with Gasteiger partial charge in [0.15, 0.2) is 0 Å². The van der Waals surface area contributed by atoms with Crippen LogP contribution in [0, 0.1) is 0 Å². The molecule has 6 rings (SSSR count). The fourth-order valence-electron chi connectivity index (χ4n) is 4.80. The molecule has 8 heteroatoms. The normalized spacial score (nSPS) is 15.1. The zero-order valence-corrected chi connectivity index (χ0v) is 20.2. The fourth-order valence-corrected chi connectivity index (χ4v) is 4.80. The molecular weight excluding hydrogens is 472 g/mol. The van der Waals surface area contributed by atoms with Crippen LogP contribution in [0.3, 0.4) is 0 Å². The Labute approximate surface area is 212 Å². The van der Waals surface area contributed by atoms with Gasteiger partial charge in [-0.1, -0.05) is 24.3 Å². The quantitative estimate of drug-likeness (QED) is 0.357. The van der Waals surface area contributed by atoms with Crippen molar-refractivity contribution in [2.45, 2.75) is 32.4 Å². The lowest BCUT2D eigenvalue weighted by Crippen LogP contribution is -2.29. The van der Waals surface area contributed by atoms with Crippen LogP contribution in [0.1, 0.15) is 78.3 Å². The van der Waals surface area contributed by atoms with Gasteiger partial charge in [-0.15, -0.1) is 0 Å². The Bertz CT molecular complexity index is 1420. The molecule has 8 nitrogen and oxygen atoms in total. The highest BCUT2D eigenvalue weighted by atomic mass is 16.4. The molecule has 0 saturated heterocycles. The molecular formula is C29H22N2O6. The molecule has 2 aliphatic heterocycles. The van der Waals surface area contributed by atoms with Crippen LogP contribution in [0.5, 0.6) is 0 Å². The maximum atomic E-state index is 12.7. The van der Waals surface area contributed by atoms with Gasteiger partial charge in [0.1, 0.15) is 23.0 Å². The van der Waals surface area contributed by atoms with Gasteiger partial charge in [-0.25, -0.2) is 0 Å². The fraction of sp³-hybridized carbons (Fsp3) is 0.172. The molecule has 2 aromatic heterocycles. The monoisotopic (exact) mass is 494 g/mol. The second-order valence-electron chi connectivity index (χ2n) is 9.64. The Morgan fingerprint density at radius 2 is 0.865 bits per heavy atom. The van der Waals surface area contributed by atoms with Crippen molar-refractivity contribution >= 4 is 23.6 Å². The van der Waals surface area contributed by atoms with Crippen LogP contribution in [-0.2, 0) is 18.5 Å². The summed E-state index contributed by atoms with van der Waals surface area (Å²) < 4.78 is 12.1. The largest absolute Gasteiger partial charge is 0.463 e. The van der Waals surface area contributed by atoms with Gasteiger partial charge in [0, 0.05) is 0 Å². The summed E-state index contributed by atoms with van der Waals surface area (Å²) in [7, 11) is 0. The van der Waals surface area contributed by atoms with Crippen molar-refractivity contribution in [2.24, 2.45) is 0 Å². The minimum atomic E-state index is -0.694. The van der Waals surface area contributed by atoms with E-state index in [2.05, 4.69) is 0 Å². The van der Waals surface area contributed by atoms with Gasteiger partial charge < -0.3 is 8.83 Å². The van der Waals surface area contributed by atoms with Gasteiger partial charge in [-0.2, -0.15) is 0 Å². The second kappa shape index (κ2) is 8.16. The lowest BCUT2D eigenvalue weighted by atomic mass is 9.87. The van der Waals surface area contributed by atoms with Crippen molar-refractivity contribution in [3.05, 3.63) is 118 Å². The Hall–Kier alpha value is -4.72. The molecule has 0 bridgehead atoms. The Morgan fingerprint density at radius 1 is 0.541 bits per heavy atom. The average Bonchev–Trinajstić information content (AvgIpc) is 3.67. The number of carbonyl (C=O) groups is 4. The molecule has 4 heterocycles. The van der Waals surface area contributed by atoms with Crippen LogP contribution in [0.25, 0.3) is 0 Å². The van der Waals surface area contributed by atoms with Gasteiger partial charge in [0.05, 0.1) is 40.8 Å². The van der Waals surface area contributed by atoms with Gasteiger partial charge in [-0.05, 0) is 62.4 Å². The van der Waals surface area contributed by atoms with Crippen molar-refractivity contribution in [3.63, 3.8) is 0 Å². The second-order valence-corrected chi connectivity index (χ2v) is 9.64. The predicted molar refractivity (Wildman–Crippen MR) is 131 cm³/mol. The van der Waals surface area contributed by atoms with E-state index in [-0.39, 0.29) is 36.7 Å². The first kappa shape index (κ1) is 22.7. The van der Waals surface area contributed by atoms with Crippen molar-refractivity contribution in [1.82, 2.24) is 9.80 Å². The molecule has 0 atom stereocenters. The number of hydrogen-bond acceptors (Lipinski definition) is 6. The van der Waals surface area contributed by atoms with Crippen molar-refractivity contribution in [1.29, 1.82) is 0 Å². The average molecular weight is 495 g/mol. The van der Waals surface area contributed by atoms with E-state index in [1.165, 1.54) is 9.80 Å². The molecule has 0 fully saturated rings. The van der Waals surface area contributed by atoms with Crippen LogP contribution in [0.2, 0.25) is 0 Å². The summed E-state index contributed by atoms with van der Waals surface area (Å²) in [5.74, 6) is 0.721. The maximum absolute atomic E-state index is 12.7. The zero-order valence-electron chi connectivity index (χ0n) is 20.2. The molecule has 0 N–H and O–H groups in total. The molecule has 2 aliphatic rings. The van der Waals surface area contributed by atoms with Gasteiger partial charge in [0.2, 0.25) is 0 Å². The van der Waals surface area contributed by atoms with E-state index >= 15 is 0 Å². The van der Waals surface area contributed by atoms with Gasteiger partial charge in [-0.3, -0.25) is 29.0 Å². The summed E-state index contributed by atoms with van der Waals surface area (Å²) in [4.78, 5) is 53.1. The first-order valence-corrected chi connectivity index (χ1v) is 11.8. The summed E-state index contributed by atoms with van der Waals surface area (Å²) in [6, 6.07) is 20.5. The first-order valence-electron chi connectivity index (χ1n) is 11.8. The zero-order chi connectivity index (χ0) is 25.9. The molecule has 0 saturated carbocycles. The summed E-state index contributed by atoms with van der Waals surface area (Å²) >= 11 is 0. The highest BCUT2D eigenvalue weighted by molar-refractivity contribution is 6.21. The van der Waals surface area contributed by atoms with E-state index in [4.69, 9.17) is 8.83 Å². The molecule has 4 aromatic rings. The predicted octanol–water partition coefficient (Wildman–Crippen LogP) is 4.79. The SMILES string of the molecule is CC(C)(c1ccc(CN2C(=O)c3ccccc3C2=O)o1)c1ccc(CN2C(=O)c3ccccc3C2=O)o1. The number of fused-ring (bicyclic) bond motifs is 2. The Morgan fingerprint density at radius 3 is 1.19 bits per heavy atom. The van der Waals surface area contributed by atoms with E-state index in [0.29, 0.717) is 45.3 Å². The molecule has 184 valence electrons. The van der Waals surface area contributed by atoms with Crippen LogP contribution < -0.4 is 0 Å². The molecule has 0 aliphatic carbocycles. The van der Waals surface area contributed by atoms with Crippen molar-refractivity contribution in [3.8, 4) is 0 Å². The van der Waals surface area contributed by atoms with E-state index in [1.807, 2.05) is 13.8 Å². The molecule has 0 radical (unpaired) electrons. The number of hydrogen-bond donors (Lipinski definition) is 0. The summed E-state index contributed by atoms with van der Waals surface area (Å²) in [6.45, 7) is 3.88. The highest BCUT2D eigenvalue weighted by Gasteiger charge is 2.38. The topological polar surface area (TPSA) is 101 Å². The number of amides is 4. The first-order chi connectivity index (χ1) is 17.8. The van der Waals surface area contributed by atoms with Crippen molar-refractivity contribution < 1.29 is 28.0 Å². The Kier molecular flexibility index (Phi) is 5.01. The number of nitrogens with zero attached hydrogens (tertiary/aromatic N) is 2. The molecule has 4 amide bonds. The van der Waals surface area contributed by atoms with Gasteiger partial charge >= 0.3 is 0 Å². The van der Waals surface area contributed by atoms with Gasteiger partial charge in [0.25, 0.3) is 23.6 Å². The smallest absolute Gasteiger partial charge is 0.261 e. The third-order valence-electron chi connectivity index (χ3n) is 6.94. The van der Waals surface area contributed by atoms with E-state index < -0.39 is 5.41 Å². The highest BCUT2D eigenvalue weighted by Crippen LogP contribution is 2.35. The number of benzene rings is 2. The van der Waals surface area contributed by atoms with Crippen LogP contribution in [0.15, 0.2) is 81.6 Å².